The number of amides is 1. The zero-order valence-corrected chi connectivity index (χ0v) is 10.9. The van der Waals surface area contributed by atoms with Crippen LogP contribution in [0, 0.1) is 5.92 Å². The summed E-state index contributed by atoms with van der Waals surface area (Å²) in [5.41, 5.74) is 5.41. The first-order valence-corrected chi connectivity index (χ1v) is 7.04. The number of nitrogens with zero attached hydrogens (tertiary/aromatic N) is 1. The van der Waals surface area contributed by atoms with Crippen LogP contribution in [0.3, 0.4) is 0 Å². The molecule has 6 heteroatoms. The molecule has 98 valence electrons. The number of carbonyl (C=O) groups excluding carboxylic acids is 1. The maximum absolute atomic E-state index is 12.1. The Morgan fingerprint density at radius 3 is 2.88 bits per heavy atom. The van der Waals surface area contributed by atoms with Crippen molar-refractivity contribution in [3.05, 3.63) is 0 Å². The molecule has 1 fully saturated rings. The maximum atomic E-state index is 12.1. The summed E-state index contributed by atoms with van der Waals surface area (Å²) in [6.45, 7) is 2.95. The lowest BCUT2D eigenvalue weighted by Gasteiger charge is -2.34. The maximum Gasteiger partial charge on any atom is 0.327 e. The van der Waals surface area contributed by atoms with Gasteiger partial charge < -0.3 is 15.7 Å². The first-order chi connectivity index (χ1) is 8.07. The van der Waals surface area contributed by atoms with Gasteiger partial charge in [0.15, 0.2) is 0 Å². The molecule has 0 saturated carbocycles. The van der Waals surface area contributed by atoms with Gasteiger partial charge in [-0.2, -0.15) is 11.8 Å². The van der Waals surface area contributed by atoms with E-state index in [1.54, 1.807) is 11.8 Å². The van der Waals surface area contributed by atoms with Crippen molar-refractivity contribution < 1.29 is 14.7 Å². The third kappa shape index (κ3) is 3.89. The molecule has 1 saturated heterocycles. The van der Waals surface area contributed by atoms with Gasteiger partial charge in [-0.15, -0.1) is 0 Å². The fraction of sp³-hybridized carbons (Fsp3) is 0.818. The Kier molecular flexibility index (Phi) is 5.77. The van der Waals surface area contributed by atoms with Gasteiger partial charge in [0.2, 0.25) is 5.91 Å². The van der Waals surface area contributed by atoms with Crippen molar-refractivity contribution in [2.45, 2.75) is 25.8 Å². The number of carboxylic acid groups (broad SMARTS) is 1. The van der Waals surface area contributed by atoms with Crippen molar-refractivity contribution in [2.24, 2.45) is 11.7 Å². The number of nitrogens with two attached hydrogens (primary N) is 1. The summed E-state index contributed by atoms with van der Waals surface area (Å²) >= 11 is 1.59. The molecule has 1 rings (SSSR count). The third-order valence-corrected chi connectivity index (χ3v) is 3.98. The van der Waals surface area contributed by atoms with Gasteiger partial charge in [0.05, 0.1) is 0 Å². The highest BCUT2D eigenvalue weighted by Crippen LogP contribution is 2.20. The van der Waals surface area contributed by atoms with Crippen LogP contribution in [-0.2, 0) is 9.59 Å². The van der Waals surface area contributed by atoms with Gasteiger partial charge in [-0.1, -0.05) is 6.92 Å². The van der Waals surface area contributed by atoms with Crippen LogP contribution in [0.1, 0.15) is 19.8 Å². The molecular formula is C11H20N2O3S. The molecule has 17 heavy (non-hydrogen) atoms. The molecule has 5 nitrogen and oxygen atoms in total. The highest BCUT2D eigenvalue weighted by Gasteiger charge is 2.33. The minimum absolute atomic E-state index is 0.0499. The van der Waals surface area contributed by atoms with E-state index in [9.17, 15) is 9.59 Å². The van der Waals surface area contributed by atoms with E-state index < -0.39 is 12.0 Å². The van der Waals surface area contributed by atoms with Gasteiger partial charge >= 0.3 is 5.97 Å². The van der Waals surface area contributed by atoms with Gasteiger partial charge in [0.1, 0.15) is 6.04 Å². The molecule has 0 radical (unpaired) electrons. The molecule has 2 atom stereocenters. The van der Waals surface area contributed by atoms with Crippen molar-refractivity contribution in [1.29, 1.82) is 0 Å². The van der Waals surface area contributed by atoms with E-state index in [1.165, 1.54) is 4.90 Å². The zero-order chi connectivity index (χ0) is 12.8. The summed E-state index contributed by atoms with van der Waals surface area (Å²) in [5, 5.41) is 9.09. The standard InChI is InChI=1S/C11H20N2O3S/c1-8(3-2-4-12)10(14)13-5-6-17-7-9(13)11(15)16/h8-9H,2-7,12H2,1H3,(H,15,16). The second kappa shape index (κ2) is 6.86. The molecule has 2 unspecified atom stereocenters. The zero-order valence-electron chi connectivity index (χ0n) is 10.1. The van der Waals surface area contributed by atoms with Crippen molar-refractivity contribution in [3.63, 3.8) is 0 Å². The van der Waals surface area contributed by atoms with Crippen LogP contribution in [0.4, 0.5) is 0 Å². The number of carboxylic acids is 1. The van der Waals surface area contributed by atoms with Crippen molar-refractivity contribution in [3.8, 4) is 0 Å². The van der Waals surface area contributed by atoms with E-state index in [2.05, 4.69) is 0 Å². The highest BCUT2D eigenvalue weighted by atomic mass is 32.2. The molecule has 0 aromatic rings. The van der Waals surface area contributed by atoms with Crippen LogP contribution in [0.5, 0.6) is 0 Å². The molecule has 1 amide bonds. The van der Waals surface area contributed by atoms with E-state index in [0.29, 0.717) is 18.8 Å². The van der Waals surface area contributed by atoms with Crippen molar-refractivity contribution in [1.82, 2.24) is 4.90 Å². The van der Waals surface area contributed by atoms with Crippen molar-refractivity contribution in [2.75, 3.05) is 24.6 Å². The van der Waals surface area contributed by atoms with E-state index in [0.717, 1.165) is 18.6 Å². The van der Waals surface area contributed by atoms with Gasteiger partial charge in [0, 0.05) is 24.0 Å². The van der Waals surface area contributed by atoms with Gasteiger partial charge in [0.25, 0.3) is 0 Å². The second-order valence-corrected chi connectivity index (χ2v) is 5.44. The lowest BCUT2D eigenvalue weighted by atomic mass is 10.0. The molecule has 0 spiro atoms. The molecule has 1 aliphatic rings. The van der Waals surface area contributed by atoms with Gasteiger partial charge in [-0.3, -0.25) is 4.79 Å². The smallest absolute Gasteiger partial charge is 0.327 e. The van der Waals surface area contributed by atoms with Crippen LogP contribution in [0.15, 0.2) is 0 Å². The molecule has 0 aromatic heterocycles. The number of rotatable bonds is 5. The predicted octanol–water partition coefficient (Wildman–Crippen LogP) is 0.390. The quantitative estimate of drug-likeness (QED) is 0.747. The van der Waals surface area contributed by atoms with Crippen LogP contribution in [-0.4, -0.2) is 52.5 Å². The monoisotopic (exact) mass is 260 g/mol. The minimum atomic E-state index is -0.906. The lowest BCUT2D eigenvalue weighted by Crippen LogP contribution is -2.51. The SMILES string of the molecule is CC(CCCN)C(=O)N1CCSCC1C(=O)O. The Balaban J connectivity index is 2.61. The predicted molar refractivity (Wildman–Crippen MR) is 67.9 cm³/mol. The Bertz CT molecular complexity index is 286. The van der Waals surface area contributed by atoms with E-state index in [4.69, 9.17) is 10.8 Å². The first kappa shape index (κ1) is 14.3. The van der Waals surface area contributed by atoms with Crippen molar-refractivity contribution >= 4 is 23.6 Å². The summed E-state index contributed by atoms with van der Waals surface area (Å²) < 4.78 is 0. The molecule has 0 aliphatic carbocycles. The summed E-state index contributed by atoms with van der Waals surface area (Å²) in [6, 6.07) is -0.665. The Morgan fingerprint density at radius 1 is 1.59 bits per heavy atom. The largest absolute Gasteiger partial charge is 0.480 e. The molecular weight excluding hydrogens is 240 g/mol. The van der Waals surface area contributed by atoms with E-state index in [1.807, 2.05) is 6.92 Å². The average Bonchev–Trinajstić information content (AvgIpc) is 2.34. The molecule has 1 aliphatic heterocycles. The van der Waals surface area contributed by atoms with Crippen LogP contribution < -0.4 is 5.73 Å². The fourth-order valence-corrected chi connectivity index (χ4v) is 2.94. The first-order valence-electron chi connectivity index (χ1n) is 5.89. The average molecular weight is 260 g/mol. The van der Waals surface area contributed by atoms with Crippen LogP contribution in [0.25, 0.3) is 0 Å². The lowest BCUT2D eigenvalue weighted by molar-refractivity contribution is -0.150. The number of hydrogen-bond donors (Lipinski definition) is 2. The van der Waals surface area contributed by atoms with Gasteiger partial charge in [-0.25, -0.2) is 4.79 Å². The summed E-state index contributed by atoms with van der Waals surface area (Å²) in [4.78, 5) is 24.7. The summed E-state index contributed by atoms with van der Waals surface area (Å²) in [6.07, 6.45) is 1.53. The molecule has 0 bridgehead atoms. The topological polar surface area (TPSA) is 83.6 Å². The van der Waals surface area contributed by atoms with E-state index in [-0.39, 0.29) is 11.8 Å². The molecule has 0 aromatic carbocycles. The van der Waals surface area contributed by atoms with E-state index >= 15 is 0 Å². The Hall–Kier alpha value is -0.750. The van der Waals surface area contributed by atoms with Crippen LogP contribution >= 0.6 is 11.8 Å². The number of hydrogen-bond acceptors (Lipinski definition) is 4. The normalized spacial score (nSPS) is 22.2. The Labute approximate surface area is 106 Å². The summed E-state index contributed by atoms with van der Waals surface area (Å²) in [5.74, 6) is 0.218. The third-order valence-electron chi connectivity index (χ3n) is 2.96. The number of carbonyl (C=O) groups is 2. The number of thioether (sulfide) groups is 1. The fourth-order valence-electron chi connectivity index (χ4n) is 1.90. The van der Waals surface area contributed by atoms with Crippen LogP contribution in [0.2, 0.25) is 0 Å². The second-order valence-electron chi connectivity index (χ2n) is 4.29. The summed E-state index contributed by atoms with van der Waals surface area (Å²) in [7, 11) is 0. The minimum Gasteiger partial charge on any atom is -0.480 e. The Morgan fingerprint density at radius 2 is 2.29 bits per heavy atom. The number of aliphatic carboxylic acids is 1. The van der Waals surface area contributed by atoms with Gasteiger partial charge in [-0.05, 0) is 19.4 Å². The highest BCUT2D eigenvalue weighted by molar-refractivity contribution is 7.99. The molecule has 1 heterocycles. The molecule has 3 N–H and O–H groups in total.